The zero-order chi connectivity index (χ0) is 18.7. The third kappa shape index (κ3) is 4.00. The van der Waals surface area contributed by atoms with Crippen LogP contribution in [0.3, 0.4) is 0 Å². The van der Waals surface area contributed by atoms with E-state index in [9.17, 15) is 9.18 Å². The van der Waals surface area contributed by atoms with Gasteiger partial charge in [-0.25, -0.2) is 14.4 Å². The summed E-state index contributed by atoms with van der Waals surface area (Å²) in [5.41, 5.74) is 3.51. The molecule has 0 atom stereocenters. The van der Waals surface area contributed by atoms with Crippen molar-refractivity contribution in [3.63, 3.8) is 0 Å². The first-order chi connectivity index (χ1) is 12.5. The Morgan fingerprint density at radius 3 is 2.69 bits per heavy atom. The van der Waals surface area contributed by atoms with Crippen LogP contribution in [0.15, 0.2) is 36.7 Å². The van der Waals surface area contributed by atoms with Crippen LogP contribution in [-0.2, 0) is 4.79 Å². The number of nitrogens with one attached hydrogen (secondary N) is 3. The molecule has 0 spiro atoms. The molecule has 0 saturated heterocycles. The highest BCUT2D eigenvalue weighted by molar-refractivity contribution is 6.42. The summed E-state index contributed by atoms with van der Waals surface area (Å²) in [6, 6.07) is 7.54. The Kier molecular flexibility index (Phi) is 5.48. The normalized spacial score (nSPS) is 10.8. The van der Waals surface area contributed by atoms with Crippen molar-refractivity contribution in [1.29, 1.82) is 0 Å². The van der Waals surface area contributed by atoms with Crippen molar-refractivity contribution in [2.75, 3.05) is 17.2 Å². The van der Waals surface area contributed by atoms with Gasteiger partial charge in [-0.15, -0.1) is 0 Å². The van der Waals surface area contributed by atoms with Crippen molar-refractivity contribution in [3.05, 3.63) is 52.5 Å². The van der Waals surface area contributed by atoms with Crippen molar-refractivity contribution in [1.82, 2.24) is 15.4 Å². The standard InChI is InChI=1S/C16H13Cl2FN6O/c17-10-4-12(19)14(5-11(10)18)25-16-9-3-8(24-15(26)6-23-20)1-2-13(9)21-7-22-16/h1-5,7,23H,6,20H2,(H,24,26)(H,21,22,25). The van der Waals surface area contributed by atoms with Crippen molar-refractivity contribution < 1.29 is 9.18 Å². The maximum absolute atomic E-state index is 14.1. The second-order valence-corrected chi connectivity index (χ2v) is 6.07. The van der Waals surface area contributed by atoms with Gasteiger partial charge in [-0.05, 0) is 30.3 Å². The molecule has 7 nitrogen and oxygen atoms in total. The van der Waals surface area contributed by atoms with Crippen LogP contribution >= 0.6 is 23.2 Å². The van der Waals surface area contributed by atoms with Gasteiger partial charge in [-0.2, -0.15) is 0 Å². The van der Waals surface area contributed by atoms with E-state index in [1.54, 1.807) is 18.2 Å². The van der Waals surface area contributed by atoms with E-state index >= 15 is 0 Å². The largest absolute Gasteiger partial charge is 0.337 e. The number of hydrogen-bond acceptors (Lipinski definition) is 6. The summed E-state index contributed by atoms with van der Waals surface area (Å²) in [4.78, 5) is 20.0. The molecule has 0 aliphatic rings. The molecule has 0 radical (unpaired) electrons. The Hall–Kier alpha value is -2.52. The fraction of sp³-hybridized carbons (Fsp3) is 0.0625. The lowest BCUT2D eigenvalue weighted by atomic mass is 10.2. The highest BCUT2D eigenvalue weighted by atomic mass is 35.5. The average Bonchev–Trinajstić information content (AvgIpc) is 2.60. The number of hydrogen-bond donors (Lipinski definition) is 4. The van der Waals surface area contributed by atoms with Crippen molar-refractivity contribution >= 4 is 57.2 Å². The van der Waals surface area contributed by atoms with E-state index in [1.807, 2.05) is 0 Å². The summed E-state index contributed by atoms with van der Waals surface area (Å²) < 4.78 is 14.1. The van der Waals surface area contributed by atoms with E-state index in [2.05, 4.69) is 26.0 Å². The SMILES string of the molecule is NNCC(=O)Nc1ccc2ncnc(Nc3cc(Cl)c(Cl)cc3F)c2c1. The highest BCUT2D eigenvalue weighted by Gasteiger charge is 2.11. The lowest BCUT2D eigenvalue weighted by Gasteiger charge is -2.11. The molecule has 0 aliphatic carbocycles. The van der Waals surface area contributed by atoms with Crippen LogP contribution < -0.4 is 21.9 Å². The Morgan fingerprint density at radius 1 is 1.15 bits per heavy atom. The molecule has 3 aromatic rings. The number of halogens is 3. The Labute approximate surface area is 157 Å². The summed E-state index contributed by atoms with van der Waals surface area (Å²) in [7, 11) is 0. The average molecular weight is 395 g/mol. The number of nitrogens with two attached hydrogens (primary N) is 1. The molecule has 0 aliphatic heterocycles. The fourth-order valence-electron chi connectivity index (χ4n) is 2.28. The van der Waals surface area contributed by atoms with Crippen LogP contribution in [-0.4, -0.2) is 22.4 Å². The number of benzene rings is 2. The minimum atomic E-state index is -0.579. The van der Waals surface area contributed by atoms with Crippen LogP contribution in [0.25, 0.3) is 10.9 Å². The number of carbonyl (C=O) groups is 1. The van der Waals surface area contributed by atoms with E-state index in [0.717, 1.165) is 6.07 Å². The van der Waals surface area contributed by atoms with Crippen LogP contribution in [0, 0.1) is 5.82 Å². The molecule has 5 N–H and O–H groups in total. The number of anilines is 3. The zero-order valence-corrected chi connectivity index (χ0v) is 14.7. The van der Waals surface area contributed by atoms with Gasteiger partial charge in [-0.3, -0.25) is 16.1 Å². The third-order valence-corrected chi connectivity index (χ3v) is 4.17. The summed E-state index contributed by atoms with van der Waals surface area (Å²) in [5.74, 6) is 4.58. The van der Waals surface area contributed by atoms with Crippen molar-refractivity contribution in [3.8, 4) is 0 Å². The molecule has 134 valence electrons. The number of aromatic nitrogens is 2. The zero-order valence-electron chi connectivity index (χ0n) is 13.2. The lowest BCUT2D eigenvalue weighted by molar-refractivity contribution is -0.115. The molecular weight excluding hydrogens is 382 g/mol. The van der Waals surface area contributed by atoms with Gasteiger partial charge in [0.2, 0.25) is 5.91 Å². The second-order valence-electron chi connectivity index (χ2n) is 5.25. The first-order valence-corrected chi connectivity index (χ1v) is 8.13. The van der Waals surface area contributed by atoms with E-state index < -0.39 is 5.82 Å². The topological polar surface area (TPSA) is 105 Å². The summed E-state index contributed by atoms with van der Waals surface area (Å²) in [5, 5.41) is 6.45. The second kappa shape index (κ2) is 7.79. The maximum Gasteiger partial charge on any atom is 0.239 e. The molecule has 3 rings (SSSR count). The summed E-state index contributed by atoms with van der Waals surface area (Å²) >= 11 is 11.7. The van der Waals surface area contributed by atoms with E-state index in [4.69, 9.17) is 29.0 Å². The minimum Gasteiger partial charge on any atom is -0.337 e. The molecule has 1 amide bonds. The minimum absolute atomic E-state index is 0.0388. The van der Waals surface area contributed by atoms with Crippen LogP contribution in [0.4, 0.5) is 21.6 Å². The fourth-order valence-corrected chi connectivity index (χ4v) is 2.59. The van der Waals surface area contributed by atoms with Crippen molar-refractivity contribution in [2.45, 2.75) is 0 Å². The number of fused-ring (bicyclic) bond motifs is 1. The number of amides is 1. The molecule has 0 fully saturated rings. The van der Waals surface area contributed by atoms with Gasteiger partial charge in [0.05, 0.1) is 27.8 Å². The molecule has 26 heavy (non-hydrogen) atoms. The number of nitrogens with zero attached hydrogens (tertiary/aromatic N) is 2. The first-order valence-electron chi connectivity index (χ1n) is 7.37. The Balaban J connectivity index is 1.98. The smallest absolute Gasteiger partial charge is 0.239 e. The first kappa shape index (κ1) is 18.3. The monoisotopic (exact) mass is 394 g/mol. The third-order valence-electron chi connectivity index (χ3n) is 3.44. The van der Waals surface area contributed by atoms with Crippen molar-refractivity contribution in [2.24, 2.45) is 5.84 Å². The van der Waals surface area contributed by atoms with Gasteiger partial charge < -0.3 is 10.6 Å². The van der Waals surface area contributed by atoms with Crippen LogP contribution in [0.2, 0.25) is 10.0 Å². The molecule has 0 saturated carbocycles. The van der Waals surface area contributed by atoms with Crippen LogP contribution in [0.5, 0.6) is 0 Å². The summed E-state index contributed by atoms with van der Waals surface area (Å²) in [6.07, 6.45) is 1.34. The molecular formula is C16H13Cl2FN6O. The van der Waals surface area contributed by atoms with Gasteiger partial charge in [0.25, 0.3) is 0 Å². The van der Waals surface area contributed by atoms with Gasteiger partial charge in [0.1, 0.15) is 18.0 Å². The van der Waals surface area contributed by atoms with Crippen LogP contribution in [0.1, 0.15) is 0 Å². The number of hydrazine groups is 1. The quantitative estimate of drug-likeness (QED) is 0.300. The van der Waals surface area contributed by atoms with Gasteiger partial charge in [0, 0.05) is 11.1 Å². The predicted octanol–water partition coefficient (Wildman–Crippen LogP) is 3.22. The highest BCUT2D eigenvalue weighted by Crippen LogP contribution is 2.31. The van der Waals surface area contributed by atoms with E-state index in [0.29, 0.717) is 22.4 Å². The molecule has 0 unspecified atom stereocenters. The summed E-state index contributed by atoms with van der Waals surface area (Å²) in [6.45, 7) is -0.0388. The van der Waals surface area contributed by atoms with E-state index in [1.165, 1.54) is 12.4 Å². The Bertz CT molecular complexity index is 984. The number of carbonyl (C=O) groups excluding carboxylic acids is 1. The maximum atomic E-state index is 14.1. The number of rotatable bonds is 5. The van der Waals surface area contributed by atoms with Gasteiger partial charge in [-0.1, -0.05) is 23.2 Å². The van der Waals surface area contributed by atoms with Gasteiger partial charge >= 0.3 is 0 Å². The molecule has 10 heteroatoms. The molecule has 1 aromatic heterocycles. The van der Waals surface area contributed by atoms with Gasteiger partial charge in [0.15, 0.2) is 0 Å². The predicted molar refractivity (Wildman–Crippen MR) is 100 cm³/mol. The molecule has 2 aromatic carbocycles. The van der Waals surface area contributed by atoms with E-state index in [-0.39, 0.29) is 28.2 Å². The lowest BCUT2D eigenvalue weighted by Crippen LogP contribution is -2.32. The Morgan fingerprint density at radius 2 is 1.92 bits per heavy atom. The molecule has 1 heterocycles. The molecule has 0 bridgehead atoms.